The summed E-state index contributed by atoms with van der Waals surface area (Å²) in [7, 11) is 0. The first kappa shape index (κ1) is 8.37. The summed E-state index contributed by atoms with van der Waals surface area (Å²) < 4.78 is 0. The molecule has 0 saturated carbocycles. The number of carbonyl (C=O) groups excluding carboxylic acids is 1. The van der Waals surface area contributed by atoms with Gasteiger partial charge in [-0.05, 0) is 12.1 Å². The van der Waals surface area contributed by atoms with Crippen molar-refractivity contribution in [3.05, 3.63) is 33.8 Å². The van der Waals surface area contributed by atoms with Gasteiger partial charge >= 0.3 is 5.97 Å². The van der Waals surface area contributed by atoms with Crippen molar-refractivity contribution in [2.24, 2.45) is 0 Å². The molecule has 0 aliphatic heterocycles. The molecule has 0 bridgehead atoms. The third-order valence-corrected chi connectivity index (χ3v) is 1.82. The summed E-state index contributed by atoms with van der Waals surface area (Å²) in [6.45, 7) is 0. The molecule has 0 aliphatic rings. The lowest BCUT2D eigenvalue weighted by atomic mass is 10.2. The van der Waals surface area contributed by atoms with Crippen molar-refractivity contribution in [3.8, 4) is 0 Å². The lowest BCUT2D eigenvalue weighted by Crippen LogP contribution is -1.97. The molecule has 0 amide bonds. The van der Waals surface area contributed by atoms with Gasteiger partial charge in [0.25, 0.3) is 0 Å². The van der Waals surface area contributed by atoms with Gasteiger partial charge in [0.15, 0.2) is 5.56 Å². The van der Waals surface area contributed by atoms with Crippen molar-refractivity contribution < 1.29 is 9.90 Å². The number of hydrogen-bond donors (Lipinski definition) is 0. The average molecular weight is 192 g/mol. The lowest BCUT2D eigenvalue weighted by molar-refractivity contribution is 0.0697. The lowest BCUT2D eigenvalue weighted by Gasteiger charge is -1.95. The van der Waals surface area contributed by atoms with Gasteiger partial charge in [0, 0.05) is 4.79 Å². The molecule has 2 nitrogen and oxygen atoms in total. The molecule has 0 atom stereocenters. The highest BCUT2D eigenvalue weighted by Gasteiger charge is 2.19. The second-order valence-electron chi connectivity index (χ2n) is 1.93. The summed E-state index contributed by atoms with van der Waals surface area (Å²) in [5, 5.41) is 7.23. The van der Waals surface area contributed by atoms with Crippen molar-refractivity contribution in [2.75, 3.05) is 0 Å². The number of halogens is 2. The van der Waals surface area contributed by atoms with Crippen molar-refractivity contribution in [1.29, 1.82) is 0 Å². The molecular weight excluding hydrogens is 187 g/mol. The first-order chi connectivity index (χ1) is 5.13. The maximum absolute atomic E-state index is 10.6. The highest BCUT2D eigenvalue weighted by molar-refractivity contribution is 6.39. The Morgan fingerprint density at radius 3 is 2.00 bits per heavy atom. The van der Waals surface area contributed by atoms with Crippen LogP contribution in [-0.4, -0.2) is 11.1 Å². The Bertz CT molecular complexity index is 276. The minimum Gasteiger partial charge on any atom is -0.561 e. The molecule has 0 heterocycles. The third-order valence-electron chi connectivity index (χ3n) is 1.19. The van der Waals surface area contributed by atoms with Gasteiger partial charge < -0.3 is 5.11 Å². The van der Waals surface area contributed by atoms with Crippen molar-refractivity contribution in [1.82, 2.24) is 0 Å². The van der Waals surface area contributed by atoms with Gasteiger partial charge in [0.1, 0.15) is 0 Å². The number of benzene rings is 1. The zero-order valence-corrected chi connectivity index (χ0v) is 6.91. The summed E-state index contributed by atoms with van der Waals surface area (Å²) in [4.78, 5) is 10.6. The second-order valence-corrected chi connectivity index (χ2v) is 2.74. The molecule has 11 heavy (non-hydrogen) atoms. The summed E-state index contributed by atoms with van der Waals surface area (Å²) >= 11 is 11.2. The van der Waals surface area contributed by atoms with Gasteiger partial charge in [-0.1, -0.05) is 29.3 Å². The van der Waals surface area contributed by atoms with Crippen LogP contribution in [0.2, 0.25) is 10.0 Å². The number of carbonyl (C=O) groups is 1. The van der Waals surface area contributed by atoms with E-state index in [1.54, 1.807) is 6.07 Å². The molecule has 1 aromatic carbocycles. The summed E-state index contributed by atoms with van der Waals surface area (Å²) in [6, 6.07) is 4.67. The van der Waals surface area contributed by atoms with Crippen LogP contribution >= 0.6 is 23.2 Å². The Kier molecular flexibility index (Phi) is 2.37. The van der Waals surface area contributed by atoms with Crippen LogP contribution in [0.5, 0.6) is 0 Å². The molecule has 0 fully saturated rings. The van der Waals surface area contributed by atoms with Gasteiger partial charge in [-0.2, -0.15) is 0 Å². The Morgan fingerprint density at radius 2 is 1.73 bits per heavy atom. The molecule has 0 radical (unpaired) electrons. The highest BCUT2D eigenvalue weighted by Crippen LogP contribution is 2.23. The van der Waals surface area contributed by atoms with Crippen LogP contribution in [0.4, 0.5) is 0 Å². The molecule has 0 aliphatic carbocycles. The molecule has 0 unspecified atom stereocenters. The average Bonchev–Trinajstić information content (AvgIpc) is 1.85. The molecule has 1 rings (SSSR count). The smallest absolute Gasteiger partial charge is 0.552 e. The van der Waals surface area contributed by atoms with E-state index in [4.69, 9.17) is 28.3 Å². The minimum atomic E-state index is -0.861. The predicted octanol–water partition coefficient (Wildman–Crippen LogP) is 1.86. The van der Waals surface area contributed by atoms with Crippen LogP contribution in [-0.2, 0) is 0 Å². The van der Waals surface area contributed by atoms with Crippen LogP contribution in [0, 0.1) is 0 Å². The topological polar surface area (TPSA) is 40.0 Å². The van der Waals surface area contributed by atoms with Crippen LogP contribution in [0.25, 0.3) is 0 Å². The maximum atomic E-state index is 10.6. The molecule has 1 aromatic rings. The molecule has 4 heteroatoms. The Hall–Kier alpha value is -0.730. The fourth-order valence-electron chi connectivity index (χ4n) is 0.715. The first-order valence-corrected chi connectivity index (χ1v) is 3.58. The van der Waals surface area contributed by atoms with E-state index in [1.165, 1.54) is 12.1 Å². The van der Waals surface area contributed by atoms with Crippen LogP contribution in [0.3, 0.4) is 0 Å². The SMILES string of the molecule is O=C([OH2+])c1c(Cl)cccc1Cl. The van der Waals surface area contributed by atoms with E-state index in [1.807, 2.05) is 0 Å². The normalized spacial score (nSPS) is 9.64. The first-order valence-electron chi connectivity index (χ1n) is 2.83. The Labute approximate surface area is 73.4 Å². The standard InChI is InChI=1S/C7H4Cl2O2/c8-4-2-1-3-5(9)6(4)7(10)11/h1-3H,(H,10,11)/p+1. The van der Waals surface area contributed by atoms with Gasteiger partial charge in [-0.25, -0.2) is 0 Å². The Balaban J connectivity index is 3.32. The second kappa shape index (κ2) is 3.11. The van der Waals surface area contributed by atoms with E-state index >= 15 is 0 Å². The fourth-order valence-corrected chi connectivity index (χ4v) is 1.28. The van der Waals surface area contributed by atoms with Gasteiger partial charge in [-0.3, -0.25) is 0 Å². The van der Waals surface area contributed by atoms with Crippen molar-refractivity contribution in [3.63, 3.8) is 0 Å². The molecule has 0 spiro atoms. The van der Waals surface area contributed by atoms with E-state index < -0.39 is 5.97 Å². The van der Waals surface area contributed by atoms with E-state index in [-0.39, 0.29) is 15.6 Å². The molecular formula is C7H5Cl2O2+. The minimum absolute atomic E-state index is 0.0656. The van der Waals surface area contributed by atoms with Gasteiger partial charge in [-0.15, -0.1) is 0 Å². The Morgan fingerprint density at radius 1 is 1.27 bits per heavy atom. The molecule has 58 valence electrons. The van der Waals surface area contributed by atoms with Crippen molar-refractivity contribution >= 4 is 29.2 Å². The number of rotatable bonds is 1. The summed E-state index contributed by atoms with van der Waals surface area (Å²) in [5.74, 6) is -0.861. The quantitative estimate of drug-likeness (QED) is 0.626. The fraction of sp³-hybridized carbons (Fsp3) is 0. The van der Waals surface area contributed by atoms with Crippen LogP contribution in [0.1, 0.15) is 10.4 Å². The zero-order chi connectivity index (χ0) is 8.43. The third kappa shape index (κ3) is 1.64. The maximum Gasteiger partial charge on any atom is 0.552 e. The number of hydrogen-bond acceptors (Lipinski definition) is 1. The summed E-state index contributed by atoms with van der Waals surface area (Å²) in [6.07, 6.45) is 0. The highest BCUT2D eigenvalue weighted by atomic mass is 35.5. The molecule has 2 N–H and O–H groups in total. The monoisotopic (exact) mass is 191 g/mol. The largest absolute Gasteiger partial charge is 0.561 e. The van der Waals surface area contributed by atoms with E-state index in [0.29, 0.717) is 0 Å². The van der Waals surface area contributed by atoms with Gasteiger partial charge in [0.05, 0.1) is 10.0 Å². The van der Waals surface area contributed by atoms with Crippen molar-refractivity contribution in [2.45, 2.75) is 0 Å². The van der Waals surface area contributed by atoms with E-state index in [2.05, 4.69) is 0 Å². The molecule has 0 saturated heterocycles. The van der Waals surface area contributed by atoms with E-state index in [9.17, 15) is 4.79 Å². The van der Waals surface area contributed by atoms with Crippen LogP contribution in [0.15, 0.2) is 18.2 Å². The molecule has 0 aromatic heterocycles. The summed E-state index contributed by atoms with van der Waals surface area (Å²) in [5.41, 5.74) is 0.0656. The van der Waals surface area contributed by atoms with Gasteiger partial charge in [0.2, 0.25) is 0 Å². The van der Waals surface area contributed by atoms with E-state index in [0.717, 1.165) is 0 Å². The zero-order valence-electron chi connectivity index (χ0n) is 5.40. The predicted molar refractivity (Wildman–Crippen MR) is 44.4 cm³/mol. The van der Waals surface area contributed by atoms with Crippen LogP contribution < -0.4 is 0 Å².